The standard InChI is InChI=1S/C40H32.C34H24.C2H6/c1-5-13-35(14-6-1)39(36-15-7-2-8-16-36)29-31-21-25-33(26-22-31)34-27-23-32(24-28-34)30-40(37-17-9-3-10-18-37)38-19-11-4-12-20-38;1-3-11-25-21-27(19-17-23(25)9-1)33-29-13-5-7-15-31(29)34(32-16-8-6-14-30(32)33)28-20-18-24-10-2-4-12-26(24)22-28;1-2/h1-3,5-11,13-30H,4,12H2;1,3-9,11-22H,2,10H2;1-2H3/b40-30+;;. The molecule has 13 rings (SSSR count). The fourth-order valence-corrected chi connectivity index (χ4v) is 10.9. The highest BCUT2D eigenvalue weighted by Crippen LogP contribution is 2.45. The first-order chi connectivity index (χ1) is 37.7. The van der Waals surface area contributed by atoms with E-state index in [9.17, 15) is 0 Å². The predicted octanol–water partition coefficient (Wildman–Crippen LogP) is 21.2. The number of aryl methyl sites for hydroxylation is 1. The van der Waals surface area contributed by atoms with E-state index >= 15 is 0 Å². The van der Waals surface area contributed by atoms with E-state index in [1.165, 1.54) is 121 Å². The summed E-state index contributed by atoms with van der Waals surface area (Å²) in [5.41, 5.74) is 20.3. The van der Waals surface area contributed by atoms with E-state index in [1.54, 1.807) is 0 Å². The first-order valence-electron chi connectivity index (χ1n) is 27.1. The van der Waals surface area contributed by atoms with E-state index in [2.05, 4.69) is 291 Å². The molecule has 2 aliphatic rings. The summed E-state index contributed by atoms with van der Waals surface area (Å²) in [4.78, 5) is 0. The van der Waals surface area contributed by atoms with Gasteiger partial charge in [-0.2, -0.15) is 0 Å². The van der Waals surface area contributed by atoms with Crippen molar-refractivity contribution in [3.63, 3.8) is 0 Å². The van der Waals surface area contributed by atoms with E-state index in [1.807, 2.05) is 13.8 Å². The van der Waals surface area contributed by atoms with Crippen molar-refractivity contribution in [2.24, 2.45) is 0 Å². The van der Waals surface area contributed by atoms with E-state index in [0.717, 1.165) is 25.7 Å². The van der Waals surface area contributed by atoms with E-state index < -0.39 is 0 Å². The Morgan fingerprint density at radius 3 is 1.30 bits per heavy atom. The van der Waals surface area contributed by atoms with Crippen LogP contribution in [0.1, 0.15) is 72.1 Å². The molecule has 11 aromatic rings. The molecule has 2 aliphatic carbocycles. The van der Waals surface area contributed by atoms with Crippen molar-refractivity contribution in [1.29, 1.82) is 0 Å². The van der Waals surface area contributed by atoms with E-state index in [0.29, 0.717) is 0 Å². The van der Waals surface area contributed by atoms with Crippen LogP contribution < -0.4 is 0 Å². The molecule has 0 heteroatoms. The molecule has 0 nitrogen and oxygen atoms in total. The summed E-state index contributed by atoms with van der Waals surface area (Å²) in [6.07, 6.45) is 20.5. The third kappa shape index (κ3) is 10.8. The summed E-state index contributed by atoms with van der Waals surface area (Å²) in [5.74, 6) is 0. The minimum Gasteiger partial charge on any atom is -0.0836 e. The van der Waals surface area contributed by atoms with Crippen LogP contribution in [0.5, 0.6) is 0 Å². The number of benzene rings is 11. The molecule has 0 saturated heterocycles. The highest BCUT2D eigenvalue weighted by atomic mass is 14.2. The van der Waals surface area contributed by atoms with Gasteiger partial charge in [0.1, 0.15) is 0 Å². The van der Waals surface area contributed by atoms with Gasteiger partial charge >= 0.3 is 0 Å². The lowest BCUT2D eigenvalue weighted by Gasteiger charge is -2.19. The minimum atomic E-state index is 1.10. The molecule has 0 N–H and O–H groups in total. The molecule has 0 aromatic heterocycles. The first kappa shape index (κ1) is 49.1. The Morgan fingerprint density at radius 2 is 0.776 bits per heavy atom. The number of fused-ring (bicyclic) bond motifs is 4. The van der Waals surface area contributed by atoms with Crippen LogP contribution in [0.4, 0.5) is 0 Å². The second-order valence-corrected chi connectivity index (χ2v) is 19.4. The van der Waals surface area contributed by atoms with Gasteiger partial charge in [-0.05, 0) is 171 Å². The van der Waals surface area contributed by atoms with Crippen molar-refractivity contribution in [2.45, 2.75) is 39.5 Å². The summed E-state index contributed by atoms with van der Waals surface area (Å²) in [5, 5.41) is 7.78. The van der Waals surface area contributed by atoms with Crippen molar-refractivity contribution in [3.05, 3.63) is 318 Å². The zero-order valence-corrected chi connectivity index (χ0v) is 43.5. The van der Waals surface area contributed by atoms with Gasteiger partial charge in [-0.25, -0.2) is 0 Å². The predicted molar refractivity (Wildman–Crippen MR) is 331 cm³/mol. The molecule has 0 unspecified atom stereocenters. The van der Waals surface area contributed by atoms with Crippen LogP contribution >= 0.6 is 0 Å². The molecule has 0 bridgehead atoms. The quantitative estimate of drug-likeness (QED) is 0.0999. The molecule has 366 valence electrons. The first-order valence-corrected chi connectivity index (χ1v) is 27.1. The van der Waals surface area contributed by atoms with Gasteiger partial charge in [-0.1, -0.05) is 281 Å². The van der Waals surface area contributed by atoms with Gasteiger partial charge in [0.15, 0.2) is 0 Å². The maximum absolute atomic E-state index is 2.38. The fourth-order valence-electron chi connectivity index (χ4n) is 10.9. The van der Waals surface area contributed by atoms with Gasteiger partial charge in [0.05, 0.1) is 0 Å². The number of hydrogen-bond donors (Lipinski definition) is 0. The van der Waals surface area contributed by atoms with Gasteiger partial charge in [0.2, 0.25) is 0 Å². The lowest BCUT2D eigenvalue weighted by molar-refractivity contribution is 0.986. The van der Waals surface area contributed by atoms with Crippen LogP contribution in [0, 0.1) is 0 Å². The number of hydrogen-bond acceptors (Lipinski definition) is 0. The molecular weight excluding hydrogens is 913 g/mol. The topological polar surface area (TPSA) is 0 Å². The lowest BCUT2D eigenvalue weighted by Crippen LogP contribution is -1.95. The third-order valence-corrected chi connectivity index (χ3v) is 14.6. The zero-order chi connectivity index (χ0) is 51.5. The second kappa shape index (κ2) is 23.4. The minimum absolute atomic E-state index is 1.10. The molecule has 0 aliphatic heterocycles. The molecule has 0 spiro atoms. The Labute approximate surface area is 449 Å². The van der Waals surface area contributed by atoms with E-state index in [-0.39, 0.29) is 0 Å². The van der Waals surface area contributed by atoms with Gasteiger partial charge in [-0.15, -0.1) is 0 Å². The van der Waals surface area contributed by atoms with Crippen molar-refractivity contribution in [3.8, 4) is 33.4 Å². The van der Waals surface area contributed by atoms with Crippen LogP contribution in [0.2, 0.25) is 0 Å². The molecule has 76 heavy (non-hydrogen) atoms. The lowest BCUT2D eigenvalue weighted by atomic mass is 9.84. The summed E-state index contributed by atoms with van der Waals surface area (Å²) < 4.78 is 0. The highest BCUT2D eigenvalue weighted by Gasteiger charge is 2.18. The van der Waals surface area contributed by atoms with Crippen LogP contribution in [-0.2, 0) is 6.42 Å². The average molecular weight is 975 g/mol. The van der Waals surface area contributed by atoms with Crippen molar-refractivity contribution >= 4 is 61.7 Å². The maximum Gasteiger partial charge on any atom is -0.00262 e. The number of rotatable bonds is 9. The van der Waals surface area contributed by atoms with Gasteiger partial charge < -0.3 is 0 Å². The second-order valence-electron chi connectivity index (χ2n) is 19.4. The monoisotopic (exact) mass is 974 g/mol. The fraction of sp³-hybridized carbons (Fsp3) is 0.0789. The zero-order valence-electron chi connectivity index (χ0n) is 43.5. The highest BCUT2D eigenvalue weighted by molar-refractivity contribution is 6.21. The SMILES string of the molecule is C1=CC(/C(=C/c2ccc(-c3ccc(C=C(c4ccccc4)c4ccccc4)cc3)cc2)c2ccccc2)=CCC1.C1=Cc2cc(-c3c4ccccc4c(-c4ccc5ccccc5c4)c4ccccc34)ccc2CC1.CC. The summed E-state index contributed by atoms with van der Waals surface area (Å²) >= 11 is 0. The van der Waals surface area contributed by atoms with Crippen LogP contribution in [-0.4, -0.2) is 0 Å². The Hall–Kier alpha value is -9.10. The molecule has 0 fully saturated rings. The smallest absolute Gasteiger partial charge is 0.00262 e. The average Bonchev–Trinajstić information content (AvgIpc) is 3.54. The van der Waals surface area contributed by atoms with Gasteiger partial charge in [0, 0.05) is 0 Å². The van der Waals surface area contributed by atoms with Crippen molar-refractivity contribution in [1.82, 2.24) is 0 Å². The number of allylic oxidation sites excluding steroid dienone is 6. The van der Waals surface area contributed by atoms with Crippen LogP contribution in [0.15, 0.2) is 279 Å². The van der Waals surface area contributed by atoms with Gasteiger partial charge in [0.25, 0.3) is 0 Å². The summed E-state index contributed by atoms with van der Waals surface area (Å²) in [6.45, 7) is 4.00. The van der Waals surface area contributed by atoms with Gasteiger partial charge in [-0.3, -0.25) is 0 Å². The third-order valence-electron chi connectivity index (χ3n) is 14.6. The molecule has 0 amide bonds. The summed E-state index contributed by atoms with van der Waals surface area (Å²) in [6, 6.07) is 90.0. The molecular formula is C76H62. The molecule has 11 aromatic carbocycles. The van der Waals surface area contributed by atoms with Crippen LogP contribution in [0.25, 0.3) is 95.1 Å². The molecule has 0 atom stereocenters. The largest absolute Gasteiger partial charge is 0.0836 e. The Kier molecular flexibility index (Phi) is 15.1. The molecule has 0 saturated carbocycles. The van der Waals surface area contributed by atoms with E-state index in [4.69, 9.17) is 0 Å². The Morgan fingerprint density at radius 1 is 0.342 bits per heavy atom. The van der Waals surface area contributed by atoms with Crippen molar-refractivity contribution in [2.75, 3.05) is 0 Å². The van der Waals surface area contributed by atoms with Crippen molar-refractivity contribution < 1.29 is 0 Å². The summed E-state index contributed by atoms with van der Waals surface area (Å²) in [7, 11) is 0. The maximum atomic E-state index is 2.38. The molecule has 0 heterocycles. The Balaban J connectivity index is 0.000000159. The normalized spacial score (nSPS) is 12.7. The molecule has 0 radical (unpaired) electrons. The van der Waals surface area contributed by atoms with Crippen LogP contribution in [0.3, 0.4) is 0 Å². The Bertz CT molecular complexity index is 3840.